The number of nitrogens with two attached hydrogens (primary N) is 1. The number of nitrogens with zero attached hydrogens (tertiary/aromatic N) is 2. The molecule has 27 heavy (non-hydrogen) atoms. The van der Waals surface area contributed by atoms with Crippen LogP contribution in [0.3, 0.4) is 0 Å². The van der Waals surface area contributed by atoms with E-state index < -0.39 is 0 Å². The molecule has 0 spiro atoms. The summed E-state index contributed by atoms with van der Waals surface area (Å²) < 4.78 is 5.27. The van der Waals surface area contributed by atoms with Gasteiger partial charge in [0.25, 0.3) is 5.91 Å². The minimum Gasteiger partial charge on any atom is -0.360 e. The van der Waals surface area contributed by atoms with Crippen LogP contribution < -0.4 is 11.1 Å². The van der Waals surface area contributed by atoms with Crippen LogP contribution in [-0.2, 0) is 4.79 Å². The second-order valence-corrected chi connectivity index (χ2v) is 8.75. The maximum Gasteiger partial charge on any atom is 0.273 e. The Morgan fingerprint density at radius 1 is 1.37 bits per heavy atom. The predicted molar refractivity (Wildman–Crippen MR) is 100 cm³/mol. The van der Waals surface area contributed by atoms with Crippen LogP contribution in [0.5, 0.6) is 0 Å². The van der Waals surface area contributed by atoms with Gasteiger partial charge in [0, 0.05) is 37.0 Å². The Labute approximate surface area is 160 Å². The number of rotatable bonds is 6. The molecule has 7 heteroatoms. The molecule has 148 valence electrons. The van der Waals surface area contributed by atoms with Crippen molar-refractivity contribution in [2.75, 3.05) is 13.1 Å². The molecule has 2 amide bonds. The summed E-state index contributed by atoms with van der Waals surface area (Å²) in [5, 5.41) is 6.97. The fourth-order valence-corrected chi connectivity index (χ4v) is 4.44. The molecule has 0 radical (unpaired) electrons. The monoisotopic (exact) mass is 374 g/mol. The quantitative estimate of drug-likeness (QED) is 0.795. The number of carbonyl (C=O) groups excluding carboxylic acids is 2. The van der Waals surface area contributed by atoms with Gasteiger partial charge >= 0.3 is 0 Å². The summed E-state index contributed by atoms with van der Waals surface area (Å²) in [5.41, 5.74) is 6.30. The highest BCUT2D eigenvalue weighted by Gasteiger charge is 2.40. The Bertz CT molecular complexity index is 702. The third-order valence-corrected chi connectivity index (χ3v) is 6.65. The average Bonchev–Trinajstić information content (AvgIpc) is 3.34. The van der Waals surface area contributed by atoms with Crippen LogP contribution in [0.25, 0.3) is 0 Å². The van der Waals surface area contributed by atoms with Gasteiger partial charge in [-0.1, -0.05) is 11.6 Å². The number of likely N-dealkylation sites (tertiary alicyclic amines) is 1. The Morgan fingerprint density at radius 3 is 2.74 bits per heavy atom. The number of hydrogen-bond donors (Lipinski definition) is 2. The molecule has 1 aromatic heterocycles. The molecule has 0 aromatic carbocycles. The van der Waals surface area contributed by atoms with E-state index >= 15 is 0 Å². The molecular weight excluding hydrogens is 344 g/mol. The Hall–Kier alpha value is -1.89. The molecule has 2 atom stereocenters. The molecule has 1 aliphatic heterocycles. The van der Waals surface area contributed by atoms with Gasteiger partial charge in [0.15, 0.2) is 5.69 Å². The maximum absolute atomic E-state index is 12.8. The number of hydrogen-bond acceptors (Lipinski definition) is 5. The van der Waals surface area contributed by atoms with E-state index in [2.05, 4.69) is 17.4 Å². The maximum atomic E-state index is 12.8. The first-order valence-electron chi connectivity index (χ1n) is 10.3. The van der Waals surface area contributed by atoms with Gasteiger partial charge < -0.3 is 20.5 Å². The highest BCUT2D eigenvalue weighted by Crippen LogP contribution is 2.43. The smallest absolute Gasteiger partial charge is 0.273 e. The number of amides is 2. The summed E-state index contributed by atoms with van der Waals surface area (Å²) in [6, 6.07) is 1.94. The molecule has 4 rings (SSSR count). The third-order valence-electron chi connectivity index (χ3n) is 6.65. The average molecular weight is 374 g/mol. The Morgan fingerprint density at radius 2 is 2.15 bits per heavy atom. The summed E-state index contributed by atoms with van der Waals surface area (Å²) in [4.78, 5) is 27.2. The van der Waals surface area contributed by atoms with E-state index in [4.69, 9.17) is 10.3 Å². The van der Waals surface area contributed by atoms with Crippen molar-refractivity contribution in [3.63, 3.8) is 0 Å². The van der Waals surface area contributed by atoms with Crippen molar-refractivity contribution in [2.24, 2.45) is 11.1 Å². The second kappa shape index (κ2) is 7.26. The molecule has 3 fully saturated rings. The molecule has 2 heterocycles. The SMILES string of the molecule is C[C@H]1CC(NC(=O)c2cc(C3CC3)on2)CCN1C(=O)CC1(CN)CCC1. The van der Waals surface area contributed by atoms with Gasteiger partial charge in [-0.2, -0.15) is 0 Å². The van der Waals surface area contributed by atoms with Gasteiger partial charge in [0.1, 0.15) is 5.76 Å². The van der Waals surface area contributed by atoms with Gasteiger partial charge in [-0.3, -0.25) is 9.59 Å². The summed E-state index contributed by atoms with van der Waals surface area (Å²) in [6.07, 6.45) is 7.64. The molecule has 0 bridgehead atoms. The van der Waals surface area contributed by atoms with Crippen molar-refractivity contribution in [2.45, 2.75) is 76.3 Å². The van der Waals surface area contributed by atoms with Crippen LogP contribution >= 0.6 is 0 Å². The molecule has 2 saturated carbocycles. The molecule has 1 unspecified atom stereocenters. The van der Waals surface area contributed by atoms with Crippen molar-refractivity contribution in [3.8, 4) is 0 Å². The second-order valence-electron chi connectivity index (χ2n) is 8.75. The molecule has 3 aliphatic rings. The first-order chi connectivity index (χ1) is 13.0. The van der Waals surface area contributed by atoms with E-state index in [9.17, 15) is 9.59 Å². The zero-order chi connectivity index (χ0) is 19.0. The van der Waals surface area contributed by atoms with Gasteiger partial charge in [0.2, 0.25) is 5.91 Å². The first-order valence-corrected chi connectivity index (χ1v) is 10.3. The number of carbonyl (C=O) groups is 2. The largest absolute Gasteiger partial charge is 0.360 e. The van der Waals surface area contributed by atoms with Crippen LogP contribution in [0.2, 0.25) is 0 Å². The molecule has 3 N–H and O–H groups in total. The van der Waals surface area contributed by atoms with Crippen molar-refractivity contribution in [1.82, 2.24) is 15.4 Å². The van der Waals surface area contributed by atoms with Crippen molar-refractivity contribution < 1.29 is 14.1 Å². The normalized spacial score (nSPS) is 27.1. The van der Waals surface area contributed by atoms with Crippen molar-refractivity contribution in [1.29, 1.82) is 0 Å². The number of nitrogens with one attached hydrogen (secondary N) is 1. The lowest BCUT2D eigenvalue weighted by Gasteiger charge is -2.44. The van der Waals surface area contributed by atoms with E-state index in [1.54, 1.807) is 6.07 Å². The van der Waals surface area contributed by atoms with Crippen LogP contribution in [0.4, 0.5) is 0 Å². The summed E-state index contributed by atoms with van der Waals surface area (Å²) in [5.74, 6) is 1.29. The predicted octanol–water partition coefficient (Wildman–Crippen LogP) is 2.18. The van der Waals surface area contributed by atoms with E-state index in [-0.39, 0.29) is 29.3 Å². The highest BCUT2D eigenvalue weighted by atomic mass is 16.5. The number of aromatic nitrogens is 1. The molecule has 7 nitrogen and oxygen atoms in total. The van der Waals surface area contributed by atoms with Gasteiger partial charge in [0.05, 0.1) is 0 Å². The van der Waals surface area contributed by atoms with E-state index in [1.807, 2.05) is 4.90 Å². The number of piperidine rings is 1. The van der Waals surface area contributed by atoms with Crippen molar-refractivity contribution >= 4 is 11.8 Å². The zero-order valence-corrected chi connectivity index (χ0v) is 16.1. The third kappa shape index (κ3) is 3.88. The van der Waals surface area contributed by atoms with Gasteiger partial charge in [-0.25, -0.2) is 0 Å². The van der Waals surface area contributed by atoms with E-state index in [0.29, 0.717) is 31.1 Å². The molecule has 2 aliphatic carbocycles. The minimum atomic E-state index is -0.181. The molecular formula is C20H30N4O3. The standard InChI is InChI=1S/C20H30N4O3/c1-13-9-15(22-19(26)16-10-17(27-23-16)14-3-4-14)5-8-24(13)18(25)11-20(12-21)6-2-7-20/h10,13-15H,2-9,11-12,21H2,1H3,(H,22,26)/t13-,15?/m0/s1. The van der Waals surface area contributed by atoms with Crippen molar-refractivity contribution in [3.05, 3.63) is 17.5 Å². The Kier molecular flexibility index (Phi) is 4.97. The first kappa shape index (κ1) is 18.5. The van der Waals surface area contributed by atoms with E-state index in [1.165, 1.54) is 6.42 Å². The lowest BCUT2D eigenvalue weighted by Crippen LogP contribution is -2.52. The summed E-state index contributed by atoms with van der Waals surface area (Å²) in [6.45, 7) is 3.34. The van der Waals surface area contributed by atoms with Crippen LogP contribution in [0, 0.1) is 5.41 Å². The summed E-state index contributed by atoms with van der Waals surface area (Å²) >= 11 is 0. The van der Waals surface area contributed by atoms with Gasteiger partial charge in [-0.05, 0) is 57.4 Å². The lowest BCUT2D eigenvalue weighted by molar-refractivity contribution is -0.138. The minimum absolute atomic E-state index is 0.0358. The van der Waals surface area contributed by atoms with Crippen LogP contribution in [0.15, 0.2) is 10.6 Å². The van der Waals surface area contributed by atoms with Gasteiger partial charge in [-0.15, -0.1) is 0 Å². The lowest BCUT2D eigenvalue weighted by atomic mass is 9.66. The Balaban J connectivity index is 1.28. The molecule has 1 aromatic rings. The fourth-order valence-electron chi connectivity index (χ4n) is 4.44. The molecule has 1 saturated heterocycles. The van der Waals surface area contributed by atoms with Crippen LogP contribution in [0.1, 0.15) is 80.5 Å². The van der Waals surface area contributed by atoms with E-state index in [0.717, 1.165) is 44.3 Å². The zero-order valence-electron chi connectivity index (χ0n) is 16.1. The topological polar surface area (TPSA) is 101 Å². The fraction of sp³-hybridized carbons (Fsp3) is 0.750. The van der Waals surface area contributed by atoms with Crippen LogP contribution in [-0.4, -0.2) is 47.0 Å². The highest BCUT2D eigenvalue weighted by molar-refractivity contribution is 5.92. The summed E-state index contributed by atoms with van der Waals surface area (Å²) in [7, 11) is 0.